The Hall–Kier alpha value is -0.790. The zero-order valence-electron chi connectivity index (χ0n) is 9.87. The third-order valence-corrected chi connectivity index (χ3v) is 3.22. The maximum Gasteiger partial charge on any atom is 0.309 e. The molecule has 0 heterocycles. The number of allylic oxidation sites excluding steroid dienone is 1. The van der Waals surface area contributed by atoms with Gasteiger partial charge in [-0.2, -0.15) is 0 Å². The topological polar surface area (TPSA) is 26.3 Å². The van der Waals surface area contributed by atoms with Crippen LogP contribution in [0.25, 0.3) is 0 Å². The van der Waals surface area contributed by atoms with Crippen LogP contribution in [0, 0.1) is 17.8 Å². The van der Waals surface area contributed by atoms with Gasteiger partial charge in [-0.3, -0.25) is 4.79 Å². The highest BCUT2D eigenvalue weighted by molar-refractivity contribution is 5.76. The lowest BCUT2D eigenvalue weighted by atomic mass is 10.1. The van der Waals surface area contributed by atoms with Crippen LogP contribution in [-0.4, -0.2) is 12.6 Å². The number of rotatable bonds is 7. The van der Waals surface area contributed by atoms with Gasteiger partial charge in [0.2, 0.25) is 0 Å². The number of esters is 1. The van der Waals surface area contributed by atoms with Crippen LogP contribution in [0.15, 0.2) is 12.7 Å². The summed E-state index contributed by atoms with van der Waals surface area (Å²) in [5.41, 5.74) is 0. The summed E-state index contributed by atoms with van der Waals surface area (Å²) in [7, 11) is 0. The second-order valence-corrected chi connectivity index (χ2v) is 4.27. The number of carbonyl (C=O) groups is 1. The van der Waals surface area contributed by atoms with Crippen molar-refractivity contribution in [1.82, 2.24) is 0 Å². The van der Waals surface area contributed by atoms with Gasteiger partial charge < -0.3 is 4.74 Å². The number of carbonyl (C=O) groups excluding carboxylic acids is 1. The summed E-state index contributed by atoms with van der Waals surface area (Å²) < 4.78 is 5.08. The number of hydrogen-bond acceptors (Lipinski definition) is 2. The van der Waals surface area contributed by atoms with Crippen LogP contribution in [0.4, 0.5) is 0 Å². The third-order valence-electron chi connectivity index (χ3n) is 3.22. The Balaban J connectivity index is 2.41. The second kappa shape index (κ2) is 5.94. The zero-order chi connectivity index (χ0) is 11.3. The summed E-state index contributed by atoms with van der Waals surface area (Å²) in [6.07, 6.45) is 6.46. The third kappa shape index (κ3) is 3.08. The molecule has 0 saturated heterocycles. The number of ether oxygens (including phenoxy) is 1. The molecule has 0 radical (unpaired) electrons. The summed E-state index contributed by atoms with van der Waals surface area (Å²) in [6.45, 7) is 8.29. The molecule has 0 spiro atoms. The van der Waals surface area contributed by atoms with Crippen molar-refractivity contribution in [3.8, 4) is 0 Å². The van der Waals surface area contributed by atoms with Crippen molar-refractivity contribution in [2.45, 2.75) is 39.5 Å². The van der Waals surface area contributed by atoms with Gasteiger partial charge in [0.1, 0.15) is 0 Å². The van der Waals surface area contributed by atoms with Crippen LogP contribution in [0.2, 0.25) is 0 Å². The van der Waals surface area contributed by atoms with Gasteiger partial charge in [0, 0.05) is 0 Å². The maximum absolute atomic E-state index is 11.6. The summed E-state index contributed by atoms with van der Waals surface area (Å²) >= 11 is 0. The standard InChI is InChI=1S/C13H22O2/c1-4-7-9-11-10(8-5-2)12(11)13(14)15-6-3/h5,10-12H,2,4,6-9H2,1,3H3/t10-,11-,12+/m1/s1. The minimum atomic E-state index is 0.00505. The van der Waals surface area contributed by atoms with Crippen LogP contribution in [0.1, 0.15) is 39.5 Å². The first-order valence-electron chi connectivity index (χ1n) is 6.03. The zero-order valence-corrected chi connectivity index (χ0v) is 9.87. The lowest BCUT2D eigenvalue weighted by molar-refractivity contribution is -0.145. The molecule has 0 aromatic heterocycles. The average Bonchev–Trinajstić information content (AvgIpc) is 2.89. The highest BCUT2D eigenvalue weighted by atomic mass is 16.5. The fourth-order valence-corrected chi connectivity index (χ4v) is 2.38. The first kappa shape index (κ1) is 12.3. The molecular weight excluding hydrogens is 188 g/mol. The predicted octanol–water partition coefficient (Wildman–Crippen LogP) is 3.18. The Morgan fingerprint density at radius 2 is 2.13 bits per heavy atom. The molecule has 1 aliphatic carbocycles. The maximum atomic E-state index is 11.6. The minimum absolute atomic E-state index is 0.00505. The van der Waals surface area contributed by atoms with E-state index in [9.17, 15) is 4.79 Å². The van der Waals surface area contributed by atoms with Gasteiger partial charge in [-0.05, 0) is 31.6 Å². The van der Waals surface area contributed by atoms with E-state index >= 15 is 0 Å². The summed E-state index contributed by atoms with van der Waals surface area (Å²) in [5, 5.41) is 0. The summed E-state index contributed by atoms with van der Waals surface area (Å²) in [4.78, 5) is 11.6. The Bertz CT molecular complexity index is 223. The SMILES string of the molecule is C=CC[C@@H]1[C@@H](CCCC)[C@H]1C(=O)OCC. The van der Waals surface area contributed by atoms with Crippen LogP contribution in [-0.2, 0) is 9.53 Å². The number of unbranched alkanes of at least 4 members (excludes halogenated alkanes) is 1. The van der Waals surface area contributed by atoms with Crippen LogP contribution < -0.4 is 0 Å². The molecule has 2 nitrogen and oxygen atoms in total. The molecule has 3 atom stereocenters. The molecule has 0 aromatic rings. The first-order valence-corrected chi connectivity index (χ1v) is 6.03. The predicted molar refractivity (Wildman–Crippen MR) is 61.4 cm³/mol. The lowest BCUT2D eigenvalue weighted by Crippen LogP contribution is -2.08. The Morgan fingerprint density at radius 1 is 1.40 bits per heavy atom. The van der Waals surface area contributed by atoms with Gasteiger partial charge in [0.05, 0.1) is 12.5 Å². The lowest BCUT2D eigenvalue weighted by Gasteiger charge is -1.99. The highest BCUT2D eigenvalue weighted by Crippen LogP contribution is 2.52. The molecule has 1 saturated carbocycles. The Morgan fingerprint density at radius 3 is 2.67 bits per heavy atom. The highest BCUT2D eigenvalue weighted by Gasteiger charge is 2.53. The molecule has 0 amide bonds. The molecule has 0 unspecified atom stereocenters. The minimum Gasteiger partial charge on any atom is -0.466 e. The Labute approximate surface area is 92.7 Å². The van der Waals surface area contributed by atoms with Crippen molar-refractivity contribution in [3.63, 3.8) is 0 Å². The fraction of sp³-hybridized carbons (Fsp3) is 0.769. The largest absolute Gasteiger partial charge is 0.466 e. The molecule has 0 N–H and O–H groups in total. The molecule has 0 aromatic carbocycles. The molecule has 1 fully saturated rings. The van der Waals surface area contributed by atoms with E-state index in [2.05, 4.69) is 13.5 Å². The average molecular weight is 210 g/mol. The molecule has 15 heavy (non-hydrogen) atoms. The Kier molecular flexibility index (Phi) is 4.86. The summed E-state index contributed by atoms with van der Waals surface area (Å²) in [5.74, 6) is 1.23. The van der Waals surface area contributed by atoms with E-state index in [1.807, 2.05) is 13.0 Å². The normalized spacial score (nSPS) is 28.5. The molecule has 0 bridgehead atoms. The van der Waals surface area contributed by atoms with Gasteiger partial charge in [0.25, 0.3) is 0 Å². The molecule has 1 aliphatic rings. The van der Waals surface area contributed by atoms with Crippen molar-refractivity contribution in [2.24, 2.45) is 17.8 Å². The quantitative estimate of drug-likeness (QED) is 0.476. The van der Waals surface area contributed by atoms with Crippen molar-refractivity contribution in [2.75, 3.05) is 6.61 Å². The van der Waals surface area contributed by atoms with Gasteiger partial charge >= 0.3 is 5.97 Å². The van der Waals surface area contributed by atoms with E-state index in [0.717, 1.165) is 6.42 Å². The van der Waals surface area contributed by atoms with Gasteiger partial charge in [-0.15, -0.1) is 6.58 Å². The van der Waals surface area contributed by atoms with Crippen molar-refractivity contribution in [3.05, 3.63) is 12.7 Å². The molecule has 0 aliphatic heterocycles. The van der Waals surface area contributed by atoms with E-state index in [-0.39, 0.29) is 11.9 Å². The van der Waals surface area contributed by atoms with Crippen molar-refractivity contribution < 1.29 is 9.53 Å². The van der Waals surface area contributed by atoms with E-state index in [0.29, 0.717) is 18.4 Å². The summed E-state index contributed by atoms with van der Waals surface area (Å²) in [6, 6.07) is 0. The fourth-order valence-electron chi connectivity index (χ4n) is 2.38. The van der Waals surface area contributed by atoms with E-state index < -0.39 is 0 Å². The number of hydrogen-bond donors (Lipinski definition) is 0. The van der Waals surface area contributed by atoms with E-state index in [4.69, 9.17) is 4.74 Å². The first-order chi connectivity index (χ1) is 7.26. The van der Waals surface area contributed by atoms with E-state index in [1.54, 1.807) is 0 Å². The van der Waals surface area contributed by atoms with Crippen LogP contribution in [0.5, 0.6) is 0 Å². The molecule has 2 heteroatoms. The van der Waals surface area contributed by atoms with Crippen molar-refractivity contribution >= 4 is 5.97 Å². The van der Waals surface area contributed by atoms with Crippen LogP contribution >= 0.6 is 0 Å². The second-order valence-electron chi connectivity index (χ2n) is 4.27. The van der Waals surface area contributed by atoms with Gasteiger partial charge in [-0.1, -0.05) is 25.8 Å². The van der Waals surface area contributed by atoms with E-state index in [1.165, 1.54) is 19.3 Å². The monoisotopic (exact) mass is 210 g/mol. The smallest absolute Gasteiger partial charge is 0.309 e. The van der Waals surface area contributed by atoms with Crippen LogP contribution in [0.3, 0.4) is 0 Å². The van der Waals surface area contributed by atoms with Gasteiger partial charge in [0.15, 0.2) is 0 Å². The molecule has 86 valence electrons. The van der Waals surface area contributed by atoms with Gasteiger partial charge in [-0.25, -0.2) is 0 Å². The molecule has 1 rings (SSSR count). The van der Waals surface area contributed by atoms with Crippen molar-refractivity contribution in [1.29, 1.82) is 0 Å². The molecular formula is C13H22O2.